The van der Waals surface area contributed by atoms with Crippen LogP contribution < -0.4 is 5.73 Å². The number of carbonyl (C=O) groups excluding carboxylic acids is 2. The molecule has 2 fully saturated rings. The lowest BCUT2D eigenvalue weighted by molar-refractivity contribution is -0.155. The number of aryl methyl sites for hydroxylation is 1. The Morgan fingerprint density at radius 1 is 1.61 bits per heavy atom. The Balaban J connectivity index is 1.69. The zero-order valence-corrected chi connectivity index (χ0v) is 14.7. The minimum atomic E-state index is -1.14. The Morgan fingerprint density at radius 2 is 2.35 bits per heavy atom. The van der Waals surface area contributed by atoms with Crippen molar-refractivity contribution in [2.45, 2.75) is 18.3 Å². The molecule has 3 rings (SSSR count). The summed E-state index contributed by atoms with van der Waals surface area (Å²) in [5.74, 6) is -0.771. The normalized spacial score (nSPS) is 29.8. The van der Waals surface area contributed by atoms with Crippen LogP contribution >= 0.6 is 34.9 Å². The summed E-state index contributed by atoms with van der Waals surface area (Å²) in [6.45, 7) is 1.90. The topological polar surface area (TPSA) is 114 Å². The molecule has 1 aromatic heterocycles. The molecule has 124 valence electrons. The van der Waals surface area contributed by atoms with Crippen molar-refractivity contribution in [2.24, 2.45) is 11.1 Å². The van der Waals surface area contributed by atoms with Crippen LogP contribution in [0.3, 0.4) is 0 Å². The van der Waals surface area contributed by atoms with Crippen molar-refractivity contribution in [3.8, 4) is 0 Å². The van der Waals surface area contributed by atoms with Gasteiger partial charge in [0.25, 0.3) is 0 Å². The van der Waals surface area contributed by atoms with E-state index in [4.69, 9.17) is 5.73 Å². The minimum Gasteiger partial charge on any atom is -0.481 e. The number of nitrogens with two attached hydrogens (primary N) is 1. The van der Waals surface area contributed by atoms with E-state index in [1.54, 1.807) is 12.3 Å². The van der Waals surface area contributed by atoms with E-state index in [2.05, 4.69) is 4.98 Å². The SMILES string of the molecule is Cc1csc(C(=O)SCC2(C(=O)O)CS[C@@H]3C(N)C(=O)N3C2)n1. The summed E-state index contributed by atoms with van der Waals surface area (Å²) >= 11 is 3.57. The van der Waals surface area contributed by atoms with E-state index in [9.17, 15) is 19.5 Å². The van der Waals surface area contributed by atoms with Crippen LogP contribution in [-0.4, -0.2) is 61.4 Å². The van der Waals surface area contributed by atoms with Crippen molar-refractivity contribution >= 4 is 51.9 Å². The molecule has 0 spiro atoms. The highest BCUT2D eigenvalue weighted by molar-refractivity contribution is 8.14. The molecule has 2 saturated heterocycles. The van der Waals surface area contributed by atoms with Gasteiger partial charge >= 0.3 is 5.97 Å². The van der Waals surface area contributed by atoms with Crippen LogP contribution in [0.2, 0.25) is 0 Å². The van der Waals surface area contributed by atoms with Gasteiger partial charge in [0.2, 0.25) is 11.0 Å². The molecule has 1 amide bonds. The molecule has 0 saturated carbocycles. The molecule has 2 unspecified atom stereocenters. The maximum Gasteiger partial charge on any atom is 0.313 e. The van der Waals surface area contributed by atoms with Crippen LogP contribution in [0.15, 0.2) is 5.38 Å². The Bertz CT molecular complexity index is 679. The quantitative estimate of drug-likeness (QED) is 0.739. The zero-order chi connectivity index (χ0) is 16.8. The number of carboxylic acid groups (broad SMARTS) is 1. The monoisotopic (exact) mass is 373 g/mol. The molecule has 0 radical (unpaired) electrons. The van der Waals surface area contributed by atoms with Gasteiger partial charge in [-0.25, -0.2) is 4.98 Å². The second-order valence-electron chi connectivity index (χ2n) is 5.65. The highest BCUT2D eigenvalue weighted by atomic mass is 32.2. The number of fused-ring (bicyclic) bond motifs is 1. The average molecular weight is 373 g/mol. The molecule has 7 nitrogen and oxygen atoms in total. The van der Waals surface area contributed by atoms with E-state index in [1.807, 2.05) is 0 Å². The highest BCUT2D eigenvalue weighted by Crippen LogP contribution is 2.43. The fourth-order valence-corrected chi connectivity index (χ4v) is 5.98. The maximum absolute atomic E-state index is 12.2. The lowest BCUT2D eigenvalue weighted by Gasteiger charge is -2.52. The number of aliphatic carboxylic acids is 1. The van der Waals surface area contributed by atoms with Crippen LogP contribution in [0.5, 0.6) is 0 Å². The number of hydrogen-bond donors (Lipinski definition) is 2. The second kappa shape index (κ2) is 6.08. The molecule has 1 aromatic rings. The van der Waals surface area contributed by atoms with Gasteiger partial charge in [-0.15, -0.1) is 23.1 Å². The largest absolute Gasteiger partial charge is 0.481 e. The Morgan fingerprint density at radius 3 is 2.96 bits per heavy atom. The number of hydrogen-bond acceptors (Lipinski definition) is 8. The van der Waals surface area contributed by atoms with Crippen LogP contribution in [0.1, 0.15) is 15.5 Å². The third-order valence-corrected chi connectivity index (χ3v) is 7.76. The number of amides is 1. The lowest BCUT2D eigenvalue weighted by atomic mass is 9.89. The molecule has 2 aliphatic rings. The third kappa shape index (κ3) is 2.88. The van der Waals surface area contributed by atoms with Crippen LogP contribution in [0.4, 0.5) is 0 Å². The van der Waals surface area contributed by atoms with Gasteiger partial charge in [0.15, 0.2) is 5.01 Å². The van der Waals surface area contributed by atoms with Gasteiger partial charge in [-0.1, -0.05) is 11.8 Å². The van der Waals surface area contributed by atoms with Crippen LogP contribution in [0, 0.1) is 12.3 Å². The van der Waals surface area contributed by atoms with Crippen molar-refractivity contribution in [3.05, 3.63) is 16.1 Å². The first-order valence-corrected chi connectivity index (χ1v) is 9.76. The molecule has 10 heteroatoms. The summed E-state index contributed by atoms with van der Waals surface area (Å²) in [7, 11) is 0. The van der Waals surface area contributed by atoms with E-state index in [0.717, 1.165) is 17.5 Å². The van der Waals surface area contributed by atoms with Gasteiger partial charge in [-0.2, -0.15) is 0 Å². The van der Waals surface area contributed by atoms with Crippen LogP contribution in [0.25, 0.3) is 0 Å². The zero-order valence-electron chi connectivity index (χ0n) is 12.2. The number of thiazole rings is 1. The number of carbonyl (C=O) groups is 3. The smallest absolute Gasteiger partial charge is 0.313 e. The van der Waals surface area contributed by atoms with E-state index >= 15 is 0 Å². The van der Waals surface area contributed by atoms with Gasteiger partial charge in [-0.05, 0) is 6.92 Å². The summed E-state index contributed by atoms with van der Waals surface area (Å²) in [5.41, 5.74) is 5.35. The molecule has 3 N–H and O–H groups in total. The molecule has 3 heterocycles. The summed E-state index contributed by atoms with van der Waals surface area (Å²) in [6.07, 6.45) is 0. The van der Waals surface area contributed by atoms with Crippen molar-refractivity contribution in [1.29, 1.82) is 0 Å². The summed E-state index contributed by atoms with van der Waals surface area (Å²) in [5, 5.41) is 11.4. The van der Waals surface area contributed by atoms with Gasteiger partial charge in [0.05, 0.1) is 0 Å². The van der Waals surface area contributed by atoms with Crippen molar-refractivity contribution in [1.82, 2.24) is 9.88 Å². The number of carboxylic acids is 1. The van der Waals surface area contributed by atoms with E-state index in [-0.39, 0.29) is 28.7 Å². The fourth-order valence-electron chi connectivity index (χ4n) is 2.52. The molecule has 0 aliphatic carbocycles. The number of thioether (sulfide) groups is 2. The number of β-lactam (4-membered cyclic amide) rings is 1. The molecule has 23 heavy (non-hydrogen) atoms. The number of nitrogens with zero attached hydrogens (tertiary/aromatic N) is 2. The highest BCUT2D eigenvalue weighted by Gasteiger charge is 2.55. The van der Waals surface area contributed by atoms with E-state index in [0.29, 0.717) is 10.8 Å². The van der Waals surface area contributed by atoms with Gasteiger partial charge in [0.1, 0.15) is 16.8 Å². The predicted molar refractivity (Wildman–Crippen MR) is 89.6 cm³/mol. The Kier molecular flexibility index (Phi) is 4.43. The average Bonchev–Trinajstić information content (AvgIpc) is 2.97. The van der Waals surface area contributed by atoms with Gasteiger partial charge in [0, 0.05) is 29.1 Å². The van der Waals surface area contributed by atoms with Gasteiger partial charge < -0.3 is 15.7 Å². The van der Waals surface area contributed by atoms with Crippen molar-refractivity contribution in [2.75, 3.05) is 18.1 Å². The third-order valence-electron chi connectivity index (χ3n) is 3.91. The maximum atomic E-state index is 12.2. The molecule has 0 aromatic carbocycles. The standard InChI is InChI=1S/C13H15N3O4S3/c1-6-2-21-8(15-6)11(18)23-5-13(12(19)20)3-16-9(17)7(14)10(16)22-4-13/h2,7,10H,3-5,14H2,1H3,(H,19,20)/t7?,10-,13?/m1/s1. The fraction of sp³-hybridized carbons (Fsp3) is 0.538. The first-order chi connectivity index (χ1) is 10.8. The molecule has 0 bridgehead atoms. The molecule has 3 atom stereocenters. The van der Waals surface area contributed by atoms with Crippen LogP contribution in [-0.2, 0) is 9.59 Å². The second-order valence-corrected chi connectivity index (χ2v) is 8.56. The van der Waals surface area contributed by atoms with E-state index < -0.39 is 17.4 Å². The lowest BCUT2D eigenvalue weighted by Crippen LogP contribution is -2.72. The minimum absolute atomic E-state index is 0.101. The molecule has 2 aliphatic heterocycles. The van der Waals surface area contributed by atoms with Crippen molar-refractivity contribution in [3.63, 3.8) is 0 Å². The van der Waals surface area contributed by atoms with E-state index in [1.165, 1.54) is 28.0 Å². The number of aromatic nitrogens is 1. The summed E-state index contributed by atoms with van der Waals surface area (Å²) < 4.78 is 0. The molecular weight excluding hydrogens is 358 g/mol. The molecular formula is C13H15N3O4S3. The van der Waals surface area contributed by atoms with Gasteiger partial charge in [-0.3, -0.25) is 14.4 Å². The first kappa shape index (κ1) is 16.7. The summed E-state index contributed by atoms with van der Waals surface area (Å²) in [4.78, 5) is 41.3. The predicted octanol–water partition coefficient (Wildman–Crippen LogP) is 0.638. The Labute approximate surface area is 145 Å². The first-order valence-electron chi connectivity index (χ1n) is 6.84. The number of rotatable bonds is 4. The van der Waals surface area contributed by atoms with Crippen molar-refractivity contribution < 1.29 is 19.5 Å². The summed E-state index contributed by atoms with van der Waals surface area (Å²) in [6, 6.07) is -0.542. The Hall–Kier alpha value is -1.10.